The third-order valence-corrected chi connectivity index (χ3v) is 3.03. The number of likely N-dealkylation sites (tertiary alicyclic amines) is 1. The molecule has 0 radical (unpaired) electrons. The van der Waals surface area contributed by atoms with Crippen LogP contribution in [0.25, 0.3) is 0 Å². The molecule has 1 aliphatic heterocycles. The first-order valence-electron chi connectivity index (χ1n) is 6.45. The number of amides is 1. The zero-order valence-corrected chi connectivity index (χ0v) is 11.2. The quantitative estimate of drug-likeness (QED) is 0.778. The van der Waals surface area contributed by atoms with Gasteiger partial charge in [0.25, 0.3) is 0 Å². The fourth-order valence-electron chi connectivity index (χ4n) is 2.24. The SMILES string of the molecule is CCCC1CC(=O)N(CCNC(C)(C)C)C1. The molecule has 1 heterocycles. The maximum atomic E-state index is 11.7. The van der Waals surface area contributed by atoms with Gasteiger partial charge in [-0.05, 0) is 33.1 Å². The number of nitrogens with one attached hydrogen (secondary N) is 1. The van der Waals surface area contributed by atoms with E-state index in [4.69, 9.17) is 0 Å². The van der Waals surface area contributed by atoms with E-state index in [9.17, 15) is 4.79 Å². The Labute approximate surface area is 99.6 Å². The standard InChI is InChI=1S/C13H26N2O/c1-5-6-11-9-12(16)15(10-11)8-7-14-13(2,3)4/h11,14H,5-10H2,1-4H3. The van der Waals surface area contributed by atoms with Crippen LogP contribution in [0.5, 0.6) is 0 Å². The average molecular weight is 226 g/mol. The van der Waals surface area contributed by atoms with Gasteiger partial charge < -0.3 is 10.2 Å². The summed E-state index contributed by atoms with van der Waals surface area (Å²) < 4.78 is 0. The first-order valence-corrected chi connectivity index (χ1v) is 6.45. The number of rotatable bonds is 5. The van der Waals surface area contributed by atoms with Crippen molar-refractivity contribution in [2.45, 2.75) is 52.5 Å². The summed E-state index contributed by atoms with van der Waals surface area (Å²) in [5.41, 5.74) is 0.144. The monoisotopic (exact) mass is 226 g/mol. The third kappa shape index (κ3) is 4.52. The van der Waals surface area contributed by atoms with Gasteiger partial charge in [-0.2, -0.15) is 0 Å². The van der Waals surface area contributed by atoms with Crippen LogP contribution < -0.4 is 5.32 Å². The summed E-state index contributed by atoms with van der Waals surface area (Å²) >= 11 is 0. The largest absolute Gasteiger partial charge is 0.341 e. The number of hydrogen-bond acceptors (Lipinski definition) is 2. The van der Waals surface area contributed by atoms with Crippen molar-refractivity contribution >= 4 is 5.91 Å². The van der Waals surface area contributed by atoms with E-state index < -0.39 is 0 Å². The first-order chi connectivity index (χ1) is 7.42. The molecule has 0 spiro atoms. The van der Waals surface area contributed by atoms with Gasteiger partial charge in [0.2, 0.25) is 5.91 Å². The zero-order chi connectivity index (χ0) is 12.2. The minimum absolute atomic E-state index is 0.144. The summed E-state index contributed by atoms with van der Waals surface area (Å²) in [6, 6.07) is 0. The highest BCUT2D eigenvalue weighted by Crippen LogP contribution is 2.21. The summed E-state index contributed by atoms with van der Waals surface area (Å²) in [5.74, 6) is 0.946. The van der Waals surface area contributed by atoms with Crippen LogP contribution >= 0.6 is 0 Å². The van der Waals surface area contributed by atoms with Gasteiger partial charge in [-0.3, -0.25) is 4.79 Å². The van der Waals surface area contributed by atoms with Crippen LogP contribution in [0.3, 0.4) is 0 Å². The Morgan fingerprint density at radius 2 is 2.12 bits per heavy atom. The smallest absolute Gasteiger partial charge is 0.222 e. The van der Waals surface area contributed by atoms with E-state index in [0.29, 0.717) is 11.8 Å². The third-order valence-electron chi connectivity index (χ3n) is 3.03. The van der Waals surface area contributed by atoms with Crippen molar-refractivity contribution in [1.82, 2.24) is 10.2 Å². The highest BCUT2D eigenvalue weighted by molar-refractivity contribution is 5.78. The molecule has 3 nitrogen and oxygen atoms in total. The minimum Gasteiger partial charge on any atom is -0.341 e. The molecule has 0 aliphatic carbocycles. The van der Waals surface area contributed by atoms with Crippen molar-refractivity contribution in [3.63, 3.8) is 0 Å². The molecular weight excluding hydrogens is 200 g/mol. The van der Waals surface area contributed by atoms with E-state index in [1.807, 2.05) is 4.90 Å². The fourth-order valence-corrected chi connectivity index (χ4v) is 2.24. The van der Waals surface area contributed by atoms with Crippen LogP contribution in [0.2, 0.25) is 0 Å². The Morgan fingerprint density at radius 1 is 1.44 bits per heavy atom. The fraction of sp³-hybridized carbons (Fsp3) is 0.923. The lowest BCUT2D eigenvalue weighted by molar-refractivity contribution is -0.127. The van der Waals surface area contributed by atoms with Crippen molar-refractivity contribution in [3.8, 4) is 0 Å². The second kappa shape index (κ2) is 5.67. The van der Waals surface area contributed by atoms with Gasteiger partial charge in [-0.25, -0.2) is 0 Å². The van der Waals surface area contributed by atoms with Crippen molar-refractivity contribution in [2.24, 2.45) is 5.92 Å². The predicted octanol–water partition coefficient (Wildman–Crippen LogP) is 2.02. The Kier molecular flexibility index (Phi) is 4.78. The maximum absolute atomic E-state index is 11.7. The molecule has 16 heavy (non-hydrogen) atoms. The van der Waals surface area contributed by atoms with E-state index >= 15 is 0 Å². The first kappa shape index (κ1) is 13.5. The van der Waals surface area contributed by atoms with E-state index in [1.165, 1.54) is 12.8 Å². The topological polar surface area (TPSA) is 32.3 Å². The number of hydrogen-bond donors (Lipinski definition) is 1. The van der Waals surface area contributed by atoms with E-state index in [2.05, 4.69) is 33.0 Å². The lowest BCUT2D eigenvalue weighted by atomic mass is 10.0. The molecule has 1 saturated heterocycles. The van der Waals surface area contributed by atoms with Crippen molar-refractivity contribution < 1.29 is 4.79 Å². The lowest BCUT2D eigenvalue weighted by Crippen LogP contribution is -2.41. The predicted molar refractivity (Wildman–Crippen MR) is 67.4 cm³/mol. The van der Waals surface area contributed by atoms with Gasteiger partial charge in [-0.15, -0.1) is 0 Å². The number of nitrogens with zero attached hydrogens (tertiary/aromatic N) is 1. The number of carbonyl (C=O) groups is 1. The maximum Gasteiger partial charge on any atom is 0.222 e. The van der Waals surface area contributed by atoms with E-state index in [1.54, 1.807) is 0 Å². The molecule has 0 aromatic heterocycles. The summed E-state index contributed by atoms with van der Waals surface area (Å²) in [5, 5.41) is 3.42. The van der Waals surface area contributed by atoms with Gasteiger partial charge in [-0.1, -0.05) is 13.3 Å². The molecule has 0 saturated carbocycles. The number of carbonyl (C=O) groups excluding carboxylic acids is 1. The van der Waals surface area contributed by atoms with Crippen LogP contribution in [0, 0.1) is 5.92 Å². The van der Waals surface area contributed by atoms with Gasteiger partial charge >= 0.3 is 0 Å². The summed E-state index contributed by atoms with van der Waals surface area (Å²) in [4.78, 5) is 13.7. The molecule has 1 unspecified atom stereocenters. The van der Waals surface area contributed by atoms with Gasteiger partial charge in [0.15, 0.2) is 0 Å². The van der Waals surface area contributed by atoms with Crippen LogP contribution in [-0.2, 0) is 4.79 Å². The van der Waals surface area contributed by atoms with E-state index in [0.717, 1.165) is 26.1 Å². The highest BCUT2D eigenvalue weighted by Gasteiger charge is 2.28. The van der Waals surface area contributed by atoms with E-state index in [-0.39, 0.29) is 5.54 Å². The molecular formula is C13H26N2O. The average Bonchev–Trinajstić information content (AvgIpc) is 2.45. The van der Waals surface area contributed by atoms with Crippen molar-refractivity contribution in [2.75, 3.05) is 19.6 Å². The molecule has 0 aromatic rings. The van der Waals surface area contributed by atoms with Gasteiger partial charge in [0, 0.05) is 31.6 Å². The molecule has 1 rings (SSSR count). The second-order valence-electron chi connectivity index (χ2n) is 5.88. The lowest BCUT2D eigenvalue weighted by Gasteiger charge is -2.23. The van der Waals surface area contributed by atoms with Crippen LogP contribution in [0.1, 0.15) is 47.0 Å². The molecule has 1 fully saturated rings. The van der Waals surface area contributed by atoms with Crippen LogP contribution in [-0.4, -0.2) is 36.0 Å². The summed E-state index contributed by atoms with van der Waals surface area (Å²) in [6.07, 6.45) is 3.14. The van der Waals surface area contributed by atoms with Crippen LogP contribution in [0.15, 0.2) is 0 Å². The molecule has 0 aromatic carbocycles. The molecule has 1 aliphatic rings. The molecule has 3 heteroatoms. The van der Waals surface area contributed by atoms with Crippen molar-refractivity contribution in [1.29, 1.82) is 0 Å². The van der Waals surface area contributed by atoms with Crippen molar-refractivity contribution in [3.05, 3.63) is 0 Å². The summed E-state index contributed by atoms with van der Waals surface area (Å²) in [7, 11) is 0. The van der Waals surface area contributed by atoms with Crippen LogP contribution in [0.4, 0.5) is 0 Å². The Hall–Kier alpha value is -0.570. The minimum atomic E-state index is 0.144. The Morgan fingerprint density at radius 3 is 2.69 bits per heavy atom. The van der Waals surface area contributed by atoms with Gasteiger partial charge in [0.1, 0.15) is 0 Å². The Bertz CT molecular complexity index is 233. The van der Waals surface area contributed by atoms with Gasteiger partial charge in [0.05, 0.1) is 0 Å². The Balaban J connectivity index is 2.25. The normalized spacial score (nSPS) is 21.9. The molecule has 0 bridgehead atoms. The zero-order valence-electron chi connectivity index (χ0n) is 11.2. The molecule has 1 amide bonds. The second-order valence-corrected chi connectivity index (χ2v) is 5.88. The molecule has 1 N–H and O–H groups in total. The highest BCUT2D eigenvalue weighted by atomic mass is 16.2. The summed E-state index contributed by atoms with van der Waals surface area (Å²) in [6.45, 7) is 11.4. The molecule has 94 valence electrons. The molecule has 1 atom stereocenters.